The Morgan fingerprint density at radius 3 is 2.72 bits per heavy atom. The Hall–Kier alpha value is -2.66. The fraction of sp³-hybridized carbons (Fsp3) is 0.417. The first-order valence-corrected chi connectivity index (χ1v) is 10.4. The topological polar surface area (TPSA) is 53.9 Å². The van der Waals surface area contributed by atoms with E-state index in [-0.39, 0.29) is 17.4 Å². The van der Waals surface area contributed by atoms with E-state index in [1.165, 1.54) is 16.7 Å². The number of oxime groups is 1. The molecule has 5 heteroatoms. The number of likely N-dealkylation sites (tertiary alicyclic amines) is 1. The monoisotopic (exact) mass is 391 g/mol. The number of hydrogen-bond donors (Lipinski definition) is 1. The van der Waals surface area contributed by atoms with Gasteiger partial charge in [-0.3, -0.25) is 9.69 Å². The van der Waals surface area contributed by atoms with E-state index < -0.39 is 0 Å². The van der Waals surface area contributed by atoms with Gasteiger partial charge in [0.15, 0.2) is 5.60 Å². The van der Waals surface area contributed by atoms with Crippen LogP contribution in [0.3, 0.4) is 0 Å². The van der Waals surface area contributed by atoms with Gasteiger partial charge in [0.1, 0.15) is 5.71 Å². The van der Waals surface area contributed by atoms with E-state index in [0.717, 1.165) is 26.1 Å². The van der Waals surface area contributed by atoms with Crippen LogP contribution in [0, 0.1) is 6.92 Å². The van der Waals surface area contributed by atoms with Crippen molar-refractivity contribution >= 4 is 11.6 Å². The molecule has 2 aliphatic heterocycles. The van der Waals surface area contributed by atoms with Gasteiger partial charge in [0, 0.05) is 39.0 Å². The number of aryl methyl sites for hydroxylation is 1. The Bertz CT molecular complexity index is 879. The van der Waals surface area contributed by atoms with Gasteiger partial charge in [0.25, 0.3) is 5.91 Å². The van der Waals surface area contributed by atoms with Crippen molar-refractivity contribution in [1.82, 2.24) is 10.2 Å². The van der Waals surface area contributed by atoms with Crippen LogP contribution in [0.1, 0.15) is 42.4 Å². The molecule has 0 aliphatic carbocycles. The quantitative estimate of drug-likeness (QED) is 0.818. The van der Waals surface area contributed by atoms with Crippen molar-refractivity contribution in [3.63, 3.8) is 0 Å². The van der Waals surface area contributed by atoms with Gasteiger partial charge in [0.2, 0.25) is 0 Å². The molecule has 2 aromatic rings. The molecule has 5 nitrogen and oxygen atoms in total. The van der Waals surface area contributed by atoms with Gasteiger partial charge in [-0.05, 0) is 24.0 Å². The van der Waals surface area contributed by atoms with Gasteiger partial charge in [-0.2, -0.15) is 0 Å². The first-order valence-electron chi connectivity index (χ1n) is 10.4. The van der Waals surface area contributed by atoms with E-state index in [0.29, 0.717) is 18.7 Å². The average molecular weight is 392 g/mol. The molecule has 0 aromatic heterocycles. The van der Waals surface area contributed by atoms with Crippen molar-refractivity contribution in [1.29, 1.82) is 0 Å². The van der Waals surface area contributed by atoms with E-state index >= 15 is 0 Å². The van der Waals surface area contributed by atoms with Crippen LogP contribution in [0.5, 0.6) is 0 Å². The van der Waals surface area contributed by atoms with Crippen molar-refractivity contribution in [3.05, 3.63) is 71.3 Å². The summed E-state index contributed by atoms with van der Waals surface area (Å²) >= 11 is 0. The molecular weight excluding hydrogens is 362 g/mol. The maximum Gasteiger partial charge on any atom is 0.269 e. The molecule has 1 N–H and O–H groups in total. The highest BCUT2D eigenvalue weighted by Crippen LogP contribution is 2.34. The zero-order valence-electron chi connectivity index (χ0n) is 17.2. The molecule has 2 atom stereocenters. The maximum absolute atomic E-state index is 12.6. The number of carbonyl (C=O) groups is 1. The van der Waals surface area contributed by atoms with Gasteiger partial charge < -0.3 is 10.2 Å². The zero-order chi connectivity index (χ0) is 20.3. The lowest BCUT2D eigenvalue weighted by molar-refractivity contribution is -0.115. The minimum absolute atomic E-state index is 0.110. The number of hydrogen-bond acceptors (Lipinski definition) is 4. The van der Waals surface area contributed by atoms with Crippen LogP contribution in [0.2, 0.25) is 0 Å². The van der Waals surface area contributed by atoms with E-state index in [2.05, 4.69) is 65.6 Å². The molecule has 152 valence electrons. The second-order valence-electron chi connectivity index (χ2n) is 8.46. The summed E-state index contributed by atoms with van der Waals surface area (Å²) in [5.41, 5.74) is 3.97. The van der Waals surface area contributed by atoms with E-state index in [1.54, 1.807) is 0 Å². The van der Waals surface area contributed by atoms with E-state index in [9.17, 15) is 4.79 Å². The van der Waals surface area contributed by atoms with E-state index in [4.69, 9.17) is 4.84 Å². The Balaban J connectivity index is 1.27. The Labute approximate surface area is 172 Å². The summed E-state index contributed by atoms with van der Waals surface area (Å²) < 4.78 is 0. The second kappa shape index (κ2) is 8.37. The summed E-state index contributed by atoms with van der Waals surface area (Å²) in [7, 11) is 0. The second-order valence-corrected chi connectivity index (χ2v) is 8.46. The van der Waals surface area contributed by atoms with Crippen molar-refractivity contribution in [2.45, 2.75) is 44.8 Å². The lowest BCUT2D eigenvalue weighted by atomic mass is 9.96. The van der Waals surface area contributed by atoms with Gasteiger partial charge in [-0.25, -0.2) is 0 Å². The van der Waals surface area contributed by atoms with Gasteiger partial charge in [0.05, 0.1) is 0 Å². The predicted molar refractivity (Wildman–Crippen MR) is 115 cm³/mol. The molecule has 29 heavy (non-hydrogen) atoms. The standard InChI is InChI=1S/C24H29N3O2/c1-18-8-10-20(11-9-18)16-27-13-12-24(17-27)14-22(26-29-24)23(28)25-15-19(2)21-6-4-3-5-7-21/h3-11,19H,12-17H2,1-2H3,(H,25,28)/t19-,24-/m1/s1. The molecular formula is C24H29N3O2. The predicted octanol–water partition coefficient (Wildman–Crippen LogP) is 3.64. The lowest BCUT2D eigenvalue weighted by Crippen LogP contribution is -2.37. The summed E-state index contributed by atoms with van der Waals surface area (Å²) in [5, 5.41) is 7.17. The molecule has 1 spiro atoms. The molecule has 2 aliphatic rings. The van der Waals surface area contributed by atoms with Crippen molar-refractivity contribution in [2.24, 2.45) is 5.16 Å². The number of nitrogens with one attached hydrogen (secondary N) is 1. The molecule has 0 bridgehead atoms. The molecule has 1 fully saturated rings. The fourth-order valence-corrected chi connectivity index (χ4v) is 4.12. The SMILES string of the molecule is Cc1ccc(CN2CC[C@@]3(CC(C(=O)NC[C@@H](C)c4ccccc4)=NO3)C2)cc1. The smallest absolute Gasteiger partial charge is 0.269 e. The van der Waals surface area contributed by atoms with Crippen LogP contribution in [0.4, 0.5) is 0 Å². The maximum atomic E-state index is 12.6. The van der Waals surface area contributed by atoms with Crippen molar-refractivity contribution in [3.8, 4) is 0 Å². The van der Waals surface area contributed by atoms with Gasteiger partial charge in [-0.15, -0.1) is 0 Å². The normalized spacial score (nSPS) is 22.3. The summed E-state index contributed by atoms with van der Waals surface area (Å²) in [5.74, 6) is 0.148. The minimum atomic E-state index is -0.345. The molecule has 1 saturated heterocycles. The summed E-state index contributed by atoms with van der Waals surface area (Å²) in [6.07, 6.45) is 1.49. The summed E-state index contributed by atoms with van der Waals surface area (Å²) in [6.45, 7) is 7.48. The third kappa shape index (κ3) is 4.67. The Kier molecular flexibility index (Phi) is 5.67. The Morgan fingerprint density at radius 1 is 1.21 bits per heavy atom. The van der Waals surface area contributed by atoms with Gasteiger partial charge >= 0.3 is 0 Å². The number of amides is 1. The molecule has 2 heterocycles. The third-order valence-electron chi connectivity index (χ3n) is 5.96. The summed E-state index contributed by atoms with van der Waals surface area (Å²) in [6, 6.07) is 18.9. The van der Waals surface area contributed by atoms with Crippen LogP contribution in [0.25, 0.3) is 0 Å². The fourth-order valence-electron chi connectivity index (χ4n) is 4.12. The van der Waals surface area contributed by atoms with Crippen LogP contribution >= 0.6 is 0 Å². The van der Waals surface area contributed by atoms with Crippen LogP contribution < -0.4 is 5.32 Å². The van der Waals surface area contributed by atoms with Crippen LogP contribution in [-0.2, 0) is 16.2 Å². The van der Waals surface area contributed by atoms with Crippen LogP contribution in [-0.4, -0.2) is 41.8 Å². The van der Waals surface area contributed by atoms with E-state index in [1.807, 2.05) is 18.2 Å². The molecule has 0 radical (unpaired) electrons. The number of benzene rings is 2. The summed E-state index contributed by atoms with van der Waals surface area (Å²) in [4.78, 5) is 20.8. The van der Waals surface area contributed by atoms with Crippen molar-refractivity contribution in [2.75, 3.05) is 19.6 Å². The molecule has 0 saturated carbocycles. The van der Waals surface area contributed by atoms with Crippen LogP contribution in [0.15, 0.2) is 59.8 Å². The number of rotatable bonds is 6. The highest BCUT2D eigenvalue weighted by molar-refractivity contribution is 6.39. The van der Waals surface area contributed by atoms with Crippen molar-refractivity contribution < 1.29 is 9.63 Å². The number of nitrogens with zero attached hydrogens (tertiary/aromatic N) is 2. The molecule has 1 amide bonds. The first kappa shape index (κ1) is 19.6. The first-order chi connectivity index (χ1) is 14.0. The molecule has 4 rings (SSSR count). The average Bonchev–Trinajstić information content (AvgIpc) is 3.35. The third-order valence-corrected chi connectivity index (χ3v) is 5.96. The van der Waals surface area contributed by atoms with Gasteiger partial charge in [-0.1, -0.05) is 72.2 Å². The minimum Gasteiger partial charge on any atom is -0.387 e. The molecule has 0 unspecified atom stereocenters. The highest BCUT2D eigenvalue weighted by Gasteiger charge is 2.46. The Morgan fingerprint density at radius 2 is 1.97 bits per heavy atom. The largest absolute Gasteiger partial charge is 0.387 e. The highest BCUT2D eigenvalue weighted by atomic mass is 16.7. The number of carbonyl (C=O) groups excluding carboxylic acids is 1. The zero-order valence-corrected chi connectivity index (χ0v) is 17.2. The lowest BCUT2D eigenvalue weighted by Gasteiger charge is -2.21. The molecule has 2 aromatic carbocycles.